The zero-order chi connectivity index (χ0) is 13.3. The fourth-order valence-corrected chi connectivity index (χ4v) is 1.04. The minimum absolute atomic E-state index is 0.249. The van der Waals surface area contributed by atoms with E-state index in [1.165, 1.54) is 12.2 Å². The van der Waals surface area contributed by atoms with Crippen LogP contribution in [0.3, 0.4) is 0 Å². The second kappa shape index (κ2) is 7.52. The zero-order valence-corrected chi connectivity index (χ0v) is 9.90. The molecule has 0 spiro atoms. The van der Waals surface area contributed by atoms with E-state index < -0.39 is 27.8 Å². The van der Waals surface area contributed by atoms with Crippen LogP contribution in [0.4, 0.5) is 4.79 Å². The second-order valence-corrected chi connectivity index (χ2v) is 4.35. The topological polar surface area (TPSA) is 125 Å². The maximum atomic E-state index is 10.9. The van der Waals surface area contributed by atoms with Crippen molar-refractivity contribution in [1.29, 1.82) is 0 Å². The van der Waals surface area contributed by atoms with E-state index in [1.54, 1.807) is 6.92 Å². The lowest BCUT2D eigenvalue weighted by molar-refractivity contribution is -0.113. The van der Waals surface area contributed by atoms with Crippen molar-refractivity contribution in [3.63, 3.8) is 0 Å². The third-order valence-electron chi connectivity index (χ3n) is 1.34. The molecule has 0 saturated carbocycles. The van der Waals surface area contributed by atoms with Gasteiger partial charge < -0.3 is 5.32 Å². The minimum Gasteiger partial charge on any atom is -0.337 e. The molecule has 9 heteroatoms. The summed E-state index contributed by atoms with van der Waals surface area (Å²) in [5.74, 6) is -1.12. The molecular weight excluding hydrogens is 250 g/mol. The van der Waals surface area contributed by atoms with Gasteiger partial charge in [0.2, 0.25) is 0 Å². The van der Waals surface area contributed by atoms with Gasteiger partial charge in [-0.05, 0) is 6.92 Å². The Morgan fingerprint density at radius 3 is 2.59 bits per heavy atom. The van der Waals surface area contributed by atoms with Crippen molar-refractivity contribution >= 4 is 28.4 Å². The first kappa shape index (κ1) is 15.3. The number of rotatable bonds is 5. The van der Waals surface area contributed by atoms with Crippen molar-refractivity contribution in [2.45, 2.75) is 6.92 Å². The fourth-order valence-electron chi connectivity index (χ4n) is 0.685. The van der Waals surface area contributed by atoms with Crippen LogP contribution in [0.1, 0.15) is 6.92 Å². The smallest absolute Gasteiger partial charge is 0.319 e. The van der Waals surface area contributed by atoms with Crippen LogP contribution in [0.25, 0.3) is 0 Å². The second-order valence-electron chi connectivity index (χ2n) is 2.78. The Bertz CT molecular complexity index is 426. The number of amides is 3. The van der Waals surface area contributed by atoms with Gasteiger partial charge in [-0.2, -0.15) is 13.4 Å². The molecule has 0 bridgehead atoms. The maximum Gasteiger partial charge on any atom is 0.319 e. The van der Waals surface area contributed by atoms with E-state index in [-0.39, 0.29) is 6.54 Å². The lowest BCUT2D eigenvalue weighted by Crippen LogP contribution is -2.37. The standard InChI is InChI=1S/C8H13N3O5S/c1-2-3-7(12)10-6-11-8(13)9-4-5-17(14,15)16/h2-3,6H,4-5H2,1H3,(H,14,15,16)(H2,9,10,11,12,13)/b3-2+. The molecule has 0 aliphatic carbocycles. The van der Waals surface area contributed by atoms with Crippen molar-refractivity contribution < 1.29 is 22.6 Å². The number of allylic oxidation sites excluding steroid dienone is 1. The van der Waals surface area contributed by atoms with E-state index in [0.29, 0.717) is 0 Å². The quantitative estimate of drug-likeness (QED) is 0.262. The van der Waals surface area contributed by atoms with Gasteiger partial charge >= 0.3 is 6.03 Å². The number of urea groups is 1. The molecule has 0 unspecified atom stereocenters. The Kier molecular flexibility index (Phi) is 6.75. The molecule has 3 N–H and O–H groups in total. The molecule has 0 aromatic carbocycles. The Hall–Kier alpha value is -1.74. The van der Waals surface area contributed by atoms with Gasteiger partial charge in [-0.15, -0.1) is 0 Å². The first-order chi connectivity index (χ1) is 7.85. The molecule has 0 aromatic rings. The molecule has 0 aromatic heterocycles. The van der Waals surface area contributed by atoms with Crippen molar-refractivity contribution in [2.75, 3.05) is 12.3 Å². The number of hydrogen-bond donors (Lipinski definition) is 3. The molecule has 0 saturated heterocycles. The molecule has 0 atom stereocenters. The third kappa shape index (κ3) is 10.5. The minimum atomic E-state index is -4.10. The molecular formula is C8H13N3O5S. The van der Waals surface area contributed by atoms with Crippen LogP contribution in [0.15, 0.2) is 17.1 Å². The monoisotopic (exact) mass is 263 g/mol. The van der Waals surface area contributed by atoms with Crippen LogP contribution in [0, 0.1) is 0 Å². The molecule has 3 amide bonds. The van der Waals surface area contributed by atoms with Crippen LogP contribution in [0.5, 0.6) is 0 Å². The number of nitrogens with zero attached hydrogens (tertiary/aromatic N) is 1. The Balaban J connectivity index is 3.85. The number of nitrogens with one attached hydrogen (secondary N) is 2. The molecule has 96 valence electrons. The predicted octanol–water partition coefficient (Wildman–Crippen LogP) is -0.696. The van der Waals surface area contributed by atoms with E-state index in [2.05, 4.69) is 15.6 Å². The van der Waals surface area contributed by atoms with Crippen molar-refractivity contribution in [3.05, 3.63) is 12.2 Å². The summed E-state index contributed by atoms with van der Waals surface area (Å²) in [6.45, 7) is 1.39. The van der Waals surface area contributed by atoms with Crippen molar-refractivity contribution in [1.82, 2.24) is 10.6 Å². The van der Waals surface area contributed by atoms with Gasteiger partial charge in [0.05, 0.1) is 5.75 Å². The summed E-state index contributed by atoms with van der Waals surface area (Å²) in [7, 11) is -4.10. The Morgan fingerprint density at radius 2 is 2.06 bits per heavy atom. The van der Waals surface area contributed by atoms with Crippen LogP contribution >= 0.6 is 0 Å². The highest BCUT2D eigenvalue weighted by molar-refractivity contribution is 7.85. The first-order valence-corrected chi connectivity index (χ1v) is 6.15. The van der Waals surface area contributed by atoms with E-state index in [1.807, 2.05) is 0 Å². The van der Waals surface area contributed by atoms with Gasteiger partial charge in [-0.1, -0.05) is 6.08 Å². The van der Waals surface area contributed by atoms with Crippen LogP contribution < -0.4 is 10.6 Å². The van der Waals surface area contributed by atoms with Crippen LogP contribution in [-0.2, 0) is 14.9 Å². The number of aliphatic imine (C=N–C) groups is 1. The summed E-state index contributed by atoms with van der Waals surface area (Å²) in [5, 5.41) is 4.22. The van der Waals surface area contributed by atoms with E-state index in [0.717, 1.165) is 6.34 Å². The first-order valence-electron chi connectivity index (χ1n) is 4.54. The summed E-state index contributed by atoms with van der Waals surface area (Å²) in [6, 6.07) is -0.731. The van der Waals surface area contributed by atoms with E-state index >= 15 is 0 Å². The normalized spacial score (nSPS) is 11.9. The third-order valence-corrected chi connectivity index (χ3v) is 2.06. The van der Waals surface area contributed by atoms with Crippen LogP contribution in [-0.4, -0.2) is 43.5 Å². The van der Waals surface area contributed by atoms with Gasteiger partial charge in [0, 0.05) is 12.6 Å². The summed E-state index contributed by atoms with van der Waals surface area (Å²) in [4.78, 5) is 25.1. The summed E-state index contributed by atoms with van der Waals surface area (Å²) < 4.78 is 28.9. The van der Waals surface area contributed by atoms with E-state index in [4.69, 9.17) is 4.55 Å². The molecule has 0 aliphatic rings. The van der Waals surface area contributed by atoms with Gasteiger partial charge in [0.15, 0.2) is 0 Å². The van der Waals surface area contributed by atoms with Gasteiger partial charge in [-0.3, -0.25) is 14.7 Å². The number of carbonyl (C=O) groups excluding carboxylic acids is 2. The average Bonchev–Trinajstić information content (AvgIpc) is 2.16. The SMILES string of the molecule is C/C=C/C(=O)/N=C/NC(=O)NCCS(=O)(=O)O. The summed E-state index contributed by atoms with van der Waals surface area (Å²) in [5.41, 5.74) is 0. The highest BCUT2D eigenvalue weighted by Gasteiger charge is 2.04. The molecule has 0 heterocycles. The molecule has 17 heavy (non-hydrogen) atoms. The molecule has 0 aliphatic heterocycles. The molecule has 8 nitrogen and oxygen atoms in total. The Labute approximate surface area is 98.6 Å². The van der Waals surface area contributed by atoms with Crippen LogP contribution in [0.2, 0.25) is 0 Å². The average molecular weight is 263 g/mol. The number of hydrogen-bond acceptors (Lipinski definition) is 4. The molecule has 0 radical (unpaired) electrons. The van der Waals surface area contributed by atoms with Gasteiger partial charge in [0.1, 0.15) is 6.34 Å². The van der Waals surface area contributed by atoms with E-state index in [9.17, 15) is 18.0 Å². The maximum absolute atomic E-state index is 10.9. The Morgan fingerprint density at radius 1 is 1.41 bits per heavy atom. The van der Waals surface area contributed by atoms with Gasteiger partial charge in [-0.25, -0.2) is 4.79 Å². The largest absolute Gasteiger partial charge is 0.337 e. The lowest BCUT2D eigenvalue weighted by Gasteiger charge is -2.01. The number of carbonyl (C=O) groups is 2. The summed E-state index contributed by atoms with van der Waals surface area (Å²) in [6.07, 6.45) is 3.57. The van der Waals surface area contributed by atoms with Crippen molar-refractivity contribution in [2.24, 2.45) is 4.99 Å². The predicted molar refractivity (Wildman–Crippen MR) is 61.3 cm³/mol. The van der Waals surface area contributed by atoms with Crippen molar-refractivity contribution in [3.8, 4) is 0 Å². The van der Waals surface area contributed by atoms with Gasteiger partial charge in [0.25, 0.3) is 16.0 Å². The highest BCUT2D eigenvalue weighted by Crippen LogP contribution is 1.79. The molecule has 0 fully saturated rings. The molecule has 0 rings (SSSR count). The lowest BCUT2D eigenvalue weighted by atomic mass is 10.5. The zero-order valence-electron chi connectivity index (χ0n) is 9.08. The highest BCUT2D eigenvalue weighted by atomic mass is 32.2. The summed E-state index contributed by atoms with van der Waals surface area (Å²) >= 11 is 0. The fraction of sp³-hybridized carbons (Fsp3) is 0.375.